The van der Waals surface area contributed by atoms with Gasteiger partial charge in [-0.3, -0.25) is 9.59 Å². The third-order valence-electron chi connectivity index (χ3n) is 5.63. The number of pyridine rings is 1. The zero-order chi connectivity index (χ0) is 22.5. The van der Waals surface area contributed by atoms with Crippen LogP contribution in [0.1, 0.15) is 0 Å². The lowest BCUT2D eigenvalue weighted by Gasteiger charge is -2.38. The van der Waals surface area contributed by atoms with Crippen LogP contribution in [0, 0.1) is 5.82 Å². The van der Waals surface area contributed by atoms with E-state index in [1.165, 1.54) is 34.1 Å². The molecule has 4 amide bonds. The lowest BCUT2D eigenvalue weighted by atomic mass is 10.2. The number of hydrogen-bond acceptors (Lipinski definition) is 5. The average Bonchev–Trinajstić information content (AvgIpc) is 2.82. The molecule has 2 fully saturated rings. The Bertz CT molecular complexity index is 963. The zero-order valence-corrected chi connectivity index (χ0v) is 17.6. The first kappa shape index (κ1) is 21.5. The summed E-state index contributed by atoms with van der Waals surface area (Å²) in [6.45, 7) is 3.04. The van der Waals surface area contributed by atoms with Crippen molar-refractivity contribution in [2.45, 2.75) is 0 Å². The maximum Gasteiger partial charge on any atom is 0.322 e. The highest BCUT2D eigenvalue weighted by Gasteiger charge is 2.30. The Morgan fingerprint density at radius 2 is 1.66 bits per heavy atom. The maximum absolute atomic E-state index is 13.0. The van der Waals surface area contributed by atoms with Crippen molar-refractivity contribution in [3.05, 3.63) is 54.5 Å². The summed E-state index contributed by atoms with van der Waals surface area (Å²) >= 11 is 0. The molecule has 0 atom stereocenters. The van der Waals surface area contributed by atoms with Gasteiger partial charge < -0.3 is 24.9 Å². The number of nitrogens with one attached hydrogen (secondary N) is 1. The Kier molecular flexibility index (Phi) is 6.48. The first-order chi connectivity index (χ1) is 15.5. The Morgan fingerprint density at radius 3 is 2.31 bits per heavy atom. The summed E-state index contributed by atoms with van der Waals surface area (Å²) in [5, 5.41) is 2.65. The summed E-state index contributed by atoms with van der Waals surface area (Å²) in [5.41, 5.74) is 0.450. The predicted molar refractivity (Wildman–Crippen MR) is 117 cm³/mol. The van der Waals surface area contributed by atoms with Crippen LogP contribution in [0.5, 0.6) is 0 Å². The van der Waals surface area contributed by atoms with E-state index < -0.39 is 11.8 Å². The molecular weight excluding hydrogens is 415 g/mol. The maximum atomic E-state index is 13.0. The minimum atomic E-state index is -0.429. The van der Waals surface area contributed by atoms with Crippen LogP contribution in [0.2, 0.25) is 0 Å². The van der Waals surface area contributed by atoms with E-state index in [0.29, 0.717) is 38.4 Å². The molecule has 0 aliphatic carbocycles. The zero-order valence-electron chi connectivity index (χ0n) is 17.6. The van der Waals surface area contributed by atoms with Gasteiger partial charge in [-0.05, 0) is 36.4 Å². The summed E-state index contributed by atoms with van der Waals surface area (Å²) < 4.78 is 13.0. The summed E-state index contributed by atoms with van der Waals surface area (Å²) in [5.74, 6) is 0.133. The molecule has 1 aromatic heterocycles. The van der Waals surface area contributed by atoms with Crippen LogP contribution in [0.25, 0.3) is 0 Å². The van der Waals surface area contributed by atoms with Crippen LogP contribution in [-0.2, 0) is 9.59 Å². The van der Waals surface area contributed by atoms with Gasteiger partial charge in [0, 0.05) is 51.2 Å². The molecule has 2 aliphatic rings. The molecule has 9 nitrogen and oxygen atoms in total. The van der Waals surface area contributed by atoms with Gasteiger partial charge in [0.2, 0.25) is 11.8 Å². The summed E-state index contributed by atoms with van der Waals surface area (Å²) in [6, 6.07) is 10.7. The number of carbonyl (C=O) groups is 3. The van der Waals surface area contributed by atoms with Gasteiger partial charge in [-0.1, -0.05) is 6.07 Å². The lowest BCUT2D eigenvalue weighted by molar-refractivity contribution is -0.143. The molecule has 0 radical (unpaired) electrons. The van der Waals surface area contributed by atoms with Gasteiger partial charge >= 0.3 is 6.03 Å². The van der Waals surface area contributed by atoms with Crippen molar-refractivity contribution in [1.82, 2.24) is 19.7 Å². The summed E-state index contributed by atoms with van der Waals surface area (Å²) in [6.07, 6.45) is 1.75. The van der Waals surface area contributed by atoms with Gasteiger partial charge in [-0.15, -0.1) is 0 Å². The molecule has 1 aromatic carbocycles. The van der Waals surface area contributed by atoms with Crippen molar-refractivity contribution in [2.24, 2.45) is 0 Å². The van der Waals surface area contributed by atoms with Crippen molar-refractivity contribution >= 4 is 29.4 Å². The van der Waals surface area contributed by atoms with E-state index in [0.717, 1.165) is 5.82 Å². The van der Waals surface area contributed by atoms with E-state index in [4.69, 9.17) is 0 Å². The minimum absolute atomic E-state index is 0.00976. The third-order valence-corrected chi connectivity index (χ3v) is 5.63. The second kappa shape index (κ2) is 9.63. The molecule has 0 spiro atoms. The third kappa shape index (κ3) is 5.13. The van der Waals surface area contributed by atoms with Crippen molar-refractivity contribution in [2.75, 3.05) is 62.6 Å². The van der Waals surface area contributed by atoms with Gasteiger partial charge in [0.25, 0.3) is 0 Å². The highest BCUT2D eigenvalue weighted by Crippen LogP contribution is 2.14. The molecule has 4 rings (SSSR count). The summed E-state index contributed by atoms with van der Waals surface area (Å²) in [4.78, 5) is 48.8. The number of amides is 4. The average molecular weight is 440 g/mol. The normalized spacial score (nSPS) is 16.8. The Balaban J connectivity index is 1.23. The van der Waals surface area contributed by atoms with Crippen molar-refractivity contribution in [3.8, 4) is 0 Å². The molecular formula is C22H25FN6O3. The Morgan fingerprint density at radius 1 is 0.938 bits per heavy atom. The quantitative estimate of drug-likeness (QED) is 0.773. The number of urea groups is 1. The molecule has 0 saturated carbocycles. The number of rotatable bonds is 4. The van der Waals surface area contributed by atoms with Crippen LogP contribution < -0.4 is 10.2 Å². The number of hydrogen-bond donors (Lipinski definition) is 1. The number of carbonyl (C=O) groups excluding carboxylic acids is 3. The molecule has 32 heavy (non-hydrogen) atoms. The van der Waals surface area contributed by atoms with Crippen LogP contribution >= 0.6 is 0 Å². The Hall–Kier alpha value is -3.69. The fourth-order valence-electron chi connectivity index (χ4n) is 3.77. The van der Waals surface area contributed by atoms with E-state index >= 15 is 0 Å². The van der Waals surface area contributed by atoms with E-state index in [9.17, 15) is 18.8 Å². The lowest BCUT2D eigenvalue weighted by Crippen LogP contribution is -2.57. The van der Waals surface area contributed by atoms with Gasteiger partial charge in [0.15, 0.2) is 0 Å². The second-order valence-electron chi connectivity index (χ2n) is 7.73. The number of halogens is 1. The fourth-order valence-corrected chi connectivity index (χ4v) is 3.77. The van der Waals surface area contributed by atoms with Crippen molar-refractivity contribution < 1.29 is 18.8 Å². The van der Waals surface area contributed by atoms with Gasteiger partial charge in [-0.25, -0.2) is 14.2 Å². The van der Waals surface area contributed by atoms with Crippen LogP contribution in [0.4, 0.5) is 20.7 Å². The Labute approximate surface area is 185 Å². The first-order valence-electron chi connectivity index (χ1n) is 10.5. The molecule has 2 saturated heterocycles. The molecule has 2 aliphatic heterocycles. The van der Waals surface area contributed by atoms with Crippen LogP contribution in [0.3, 0.4) is 0 Å². The smallest absolute Gasteiger partial charge is 0.322 e. The molecule has 168 valence electrons. The number of aromatic nitrogens is 1. The highest BCUT2D eigenvalue weighted by molar-refractivity contribution is 5.94. The van der Waals surface area contributed by atoms with Gasteiger partial charge in [0.1, 0.15) is 18.2 Å². The highest BCUT2D eigenvalue weighted by atomic mass is 19.1. The largest absolute Gasteiger partial charge is 0.353 e. The molecule has 10 heteroatoms. The van der Waals surface area contributed by atoms with E-state index in [-0.39, 0.29) is 31.4 Å². The van der Waals surface area contributed by atoms with E-state index in [1.54, 1.807) is 11.1 Å². The molecule has 3 heterocycles. The molecule has 1 N–H and O–H groups in total. The summed E-state index contributed by atoms with van der Waals surface area (Å²) in [7, 11) is 0. The monoisotopic (exact) mass is 440 g/mol. The first-order valence-corrected chi connectivity index (χ1v) is 10.5. The number of anilines is 2. The van der Waals surface area contributed by atoms with Gasteiger partial charge in [-0.2, -0.15) is 0 Å². The topological polar surface area (TPSA) is 89.1 Å². The van der Waals surface area contributed by atoms with E-state index in [1.807, 2.05) is 18.2 Å². The van der Waals surface area contributed by atoms with Crippen LogP contribution in [0.15, 0.2) is 48.7 Å². The fraction of sp³-hybridized carbons (Fsp3) is 0.364. The van der Waals surface area contributed by atoms with E-state index in [2.05, 4.69) is 15.2 Å². The number of nitrogens with zero attached hydrogens (tertiary/aromatic N) is 5. The molecule has 0 unspecified atom stereocenters. The molecule has 0 bridgehead atoms. The number of piperazine rings is 2. The SMILES string of the molecule is O=C(CN1CCN(C(=O)Nc2ccc(F)cc2)CC1=O)N1CCN(c2ccccn2)CC1. The molecule has 2 aromatic rings. The minimum Gasteiger partial charge on any atom is -0.353 e. The van der Waals surface area contributed by atoms with Crippen molar-refractivity contribution in [3.63, 3.8) is 0 Å². The predicted octanol–water partition coefficient (Wildman–Crippen LogP) is 1.25. The van der Waals surface area contributed by atoms with Crippen LogP contribution in [-0.4, -0.2) is 89.9 Å². The second-order valence-corrected chi connectivity index (χ2v) is 7.73. The standard InChI is InChI=1S/C22H25FN6O3/c23-17-4-6-18(7-5-17)25-22(32)29-14-13-28(21(31)16-29)15-20(30)27-11-9-26(10-12-27)19-3-1-2-8-24-19/h1-8H,9-16H2,(H,25,32). The van der Waals surface area contributed by atoms with Crippen molar-refractivity contribution in [1.29, 1.82) is 0 Å². The number of benzene rings is 1. The van der Waals surface area contributed by atoms with Gasteiger partial charge in [0.05, 0.1) is 6.54 Å².